The summed E-state index contributed by atoms with van der Waals surface area (Å²) in [5.74, 6) is 2.40. The molecule has 3 atom stereocenters. The normalized spacial score (nSPS) is 31.5. The van der Waals surface area contributed by atoms with Crippen LogP contribution in [0.2, 0.25) is 0 Å². The summed E-state index contributed by atoms with van der Waals surface area (Å²) in [6.45, 7) is 9.77. The number of ether oxygens (including phenoxy) is 1. The molecule has 1 N–H and O–H groups in total. The van der Waals surface area contributed by atoms with Crippen molar-refractivity contribution in [1.82, 2.24) is 4.90 Å². The molecule has 3 unspecified atom stereocenters. The first-order valence-corrected chi connectivity index (χ1v) is 12.0. The maximum Gasteiger partial charge on any atom is 0.290 e. The number of carboxylic acid groups (broad SMARTS) is 1. The van der Waals surface area contributed by atoms with Gasteiger partial charge in [0, 0.05) is 24.1 Å². The molecule has 2 saturated carbocycles. The minimum absolute atomic E-state index is 0.163. The molecule has 2 aliphatic carbocycles. The van der Waals surface area contributed by atoms with Gasteiger partial charge in [-0.05, 0) is 88.2 Å². The van der Waals surface area contributed by atoms with Gasteiger partial charge < -0.3 is 14.7 Å². The van der Waals surface area contributed by atoms with Crippen LogP contribution in [0, 0.1) is 35.9 Å². The van der Waals surface area contributed by atoms with E-state index in [1.165, 1.54) is 38.2 Å². The minimum Gasteiger partial charge on any atom is -0.493 e. The summed E-state index contributed by atoms with van der Waals surface area (Å²) in [7, 11) is 0. The highest BCUT2D eigenvalue weighted by molar-refractivity contribution is 5.95. The van der Waals surface area contributed by atoms with Crippen LogP contribution >= 0.6 is 0 Å². The molecule has 1 aromatic rings. The molecule has 1 saturated heterocycles. The number of rotatable bonds is 4. The first-order valence-electron chi connectivity index (χ1n) is 12.0. The zero-order valence-corrected chi connectivity index (χ0v) is 19.9. The lowest BCUT2D eigenvalue weighted by Crippen LogP contribution is -2.39. The number of aryl methyl sites for hydroxylation is 1. The van der Waals surface area contributed by atoms with Gasteiger partial charge in [0.2, 0.25) is 0 Å². The summed E-state index contributed by atoms with van der Waals surface area (Å²) in [4.78, 5) is 22.9. The molecule has 4 rings (SSSR count). The summed E-state index contributed by atoms with van der Waals surface area (Å²) in [6.07, 6.45) is 8.45. The number of hydrogen-bond acceptors (Lipinski definition) is 3. The number of halogens is 1. The lowest BCUT2D eigenvalue weighted by atomic mass is 9.60. The second-order valence-corrected chi connectivity index (χ2v) is 10.7. The quantitative estimate of drug-likeness (QED) is 0.602. The third-order valence-electron chi connectivity index (χ3n) is 7.59. The molecule has 3 fully saturated rings. The topological polar surface area (TPSA) is 66.8 Å². The predicted octanol–water partition coefficient (Wildman–Crippen LogP) is 5.69. The molecule has 6 heteroatoms. The molecule has 2 bridgehead atoms. The van der Waals surface area contributed by atoms with Crippen molar-refractivity contribution in [3.05, 3.63) is 29.1 Å². The van der Waals surface area contributed by atoms with Gasteiger partial charge >= 0.3 is 0 Å². The number of fused-ring (bicyclic) bond motifs is 2. The van der Waals surface area contributed by atoms with E-state index in [0.717, 1.165) is 42.7 Å². The molecule has 32 heavy (non-hydrogen) atoms. The Hall–Kier alpha value is -2.11. The van der Waals surface area contributed by atoms with E-state index in [0.29, 0.717) is 12.4 Å². The fourth-order valence-corrected chi connectivity index (χ4v) is 6.45. The lowest BCUT2D eigenvalue weighted by Gasteiger charge is -2.47. The largest absolute Gasteiger partial charge is 0.493 e. The fourth-order valence-electron chi connectivity index (χ4n) is 6.45. The number of amides is 1. The standard InChI is InChI=1S/C25H36FNO2.CH2O2/c1-16-8-19-11-20(9-16)14-25(4,13-19)15-29-23-12-22(26)21(10-17(23)2)24(28)27-7-5-6-18(27)3;2-1-3/h10,12,16,18-20H,5-9,11,13-15H2,1-4H3;1H,(H,2,3). The van der Waals surface area contributed by atoms with Crippen molar-refractivity contribution in [3.8, 4) is 5.75 Å². The van der Waals surface area contributed by atoms with Gasteiger partial charge in [0.25, 0.3) is 12.4 Å². The van der Waals surface area contributed by atoms with Crippen LogP contribution in [0.25, 0.3) is 0 Å². The predicted molar refractivity (Wildman–Crippen MR) is 122 cm³/mol. The summed E-state index contributed by atoms with van der Waals surface area (Å²) in [5, 5.41) is 6.89. The van der Waals surface area contributed by atoms with Gasteiger partial charge in [-0.1, -0.05) is 13.8 Å². The number of carbonyl (C=O) groups is 2. The van der Waals surface area contributed by atoms with Gasteiger partial charge in [0.15, 0.2) is 0 Å². The Morgan fingerprint density at radius 1 is 1.25 bits per heavy atom. The van der Waals surface area contributed by atoms with Crippen molar-refractivity contribution < 1.29 is 23.8 Å². The fraction of sp³-hybridized carbons (Fsp3) is 0.692. The second-order valence-electron chi connectivity index (χ2n) is 10.7. The van der Waals surface area contributed by atoms with Crippen LogP contribution in [0.15, 0.2) is 12.1 Å². The molecular formula is C26H38FNO4. The van der Waals surface area contributed by atoms with Gasteiger partial charge in [-0.3, -0.25) is 9.59 Å². The summed E-state index contributed by atoms with van der Waals surface area (Å²) >= 11 is 0. The Labute approximate surface area is 191 Å². The molecular weight excluding hydrogens is 409 g/mol. The third kappa shape index (κ3) is 5.62. The Morgan fingerprint density at radius 2 is 1.88 bits per heavy atom. The van der Waals surface area contributed by atoms with E-state index in [1.54, 1.807) is 11.0 Å². The van der Waals surface area contributed by atoms with Gasteiger partial charge in [0.05, 0.1) is 12.2 Å². The van der Waals surface area contributed by atoms with Crippen molar-refractivity contribution >= 4 is 12.4 Å². The molecule has 1 aliphatic heterocycles. The third-order valence-corrected chi connectivity index (χ3v) is 7.59. The molecule has 178 valence electrons. The molecule has 0 radical (unpaired) electrons. The average molecular weight is 448 g/mol. The van der Waals surface area contributed by atoms with Crippen LogP contribution in [-0.2, 0) is 4.79 Å². The Balaban J connectivity index is 0.000000913. The van der Waals surface area contributed by atoms with Gasteiger partial charge in [-0.25, -0.2) is 4.39 Å². The van der Waals surface area contributed by atoms with E-state index in [1.807, 2.05) is 13.8 Å². The van der Waals surface area contributed by atoms with Gasteiger partial charge in [-0.2, -0.15) is 0 Å². The lowest BCUT2D eigenvalue weighted by molar-refractivity contribution is -0.122. The van der Waals surface area contributed by atoms with Crippen LogP contribution in [0.5, 0.6) is 5.75 Å². The van der Waals surface area contributed by atoms with Crippen LogP contribution in [0.3, 0.4) is 0 Å². The zero-order valence-electron chi connectivity index (χ0n) is 19.9. The zero-order chi connectivity index (χ0) is 23.5. The first-order chi connectivity index (χ1) is 15.2. The van der Waals surface area contributed by atoms with E-state index in [2.05, 4.69) is 13.8 Å². The van der Waals surface area contributed by atoms with Crippen LogP contribution in [0.1, 0.15) is 81.6 Å². The molecule has 3 aliphatic rings. The molecule has 5 nitrogen and oxygen atoms in total. The molecule has 1 heterocycles. The van der Waals surface area contributed by atoms with Crippen molar-refractivity contribution in [3.63, 3.8) is 0 Å². The minimum atomic E-state index is -0.464. The smallest absolute Gasteiger partial charge is 0.290 e. The molecule has 1 amide bonds. The maximum absolute atomic E-state index is 14.8. The van der Waals surface area contributed by atoms with Crippen molar-refractivity contribution in [2.45, 2.75) is 78.7 Å². The van der Waals surface area contributed by atoms with Crippen LogP contribution < -0.4 is 4.74 Å². The summed E-state index contributed by atoms with van der Waals surface area (Å²) in [6, 6.07) is 3.29. The average Bonchev–Trinajstić information content (AvgIpc) is 3.13. The Morgan fingerprint density at radius 3 is 2.44 bits per heavy atom. The highest BCUT2D eigenvalue weighted by atomic mass is 19.1. The van der Waals surface area contributed by atoms with Gasteiger partial charge in [0.1, 0.15) is 11.6 Å². The number of carbonyl (C=O) groups excluding carboxylic acids is 1. The summed E-state index contributed by atoms with van der Waals surface area (Å²) < 4.78 is 21.0. The monoisotopic (exact) mass is 447 g/mol. The SMILES string of the molecule is Cc1cc(C(=O)N2CCCC2C)c(F)cc1OCC1(C)CC2CC(C)CC(C2)C1.O=CO. The Bertz CT molecular complexity index is 808. The highest BCUT2D eigenvalue weighted by Gasteiger charge is 2.41. The molecule has 0 aromatic heterocycles. The first kappa shape index (κ1) is 24.5. The van der Waals surface area contributed by atoms with E-state index in [4.69, 9.17) is 14.6 Å². The van der Waals surface area contributed by atoms with Crippen LogP contribution in [0.4, 0.5) is 4.39 Å². The Kier molecular flexibility index (Phi) is 7.84. The maximum atomic E-state index is 14.8. The van der Waals surface area contributed by atoms with Gasteiger partial charge in [-0.15, -0.1) is 0 Å². The number of hydrogen-bond donors (Lipinski definition) is 1. The number of benzene rings is 1. The van der Waals surface area contributed by atoms with Crippen molar-refractivity contribution in [2.75, 3.05) is 13.2 Å². The van der Waals surface area contributed by atoms with Crippen molar-refractivity contribution in [1.29, 1.82) is 0 Å². The molecule has 1 aromatic carbocycles. The summed E-state index contributed by atoms with van der Waals surface area (Å²) in [5.41, 5.74) is 1.18. The van der Waals surface area contributed by atoms with E-state index < -0.39 is 5.82 Å². The van der Waals surface area contributed by atoms with E-state index in [-0.39, 0.29) is 29.4 Å². The van der Waals surface area contributed by atoms with E-state index in [9.17, 15) is 9.18 Å². The van der Waals surface area contributed by atoms with E-state index >= 15 is 0 Å². The second kappa shape index (κ2) is 10.2. The number of likely N-dealkylation sites (tertiary alicyclic amines) is 1. The van der Waals surface area contributed by atoms with Crippen molar-refractivity contribution in [2.24, 2.45) is 23.2 Å². The van der Waals surface area contributed by atoms with Crippen LogP contribution in [-0.4, -0.2) is 41.6 Å². The number of nitrogens with zero attached hydrogens (tertiary/aromatic N) is 1. The highest BCUT2D eigenvalue weighted by Crippen LogP contribution is 2.50. The molecule has 0 spiro atoms.